The molecule has 0 radical (unpaired) electrons. The number of hydrogen-bond acceptors (Lipinski definition) is 5. The summed E-state index contributed by atoms with van der Waals surface area (Å²) in [6.07, 6.45) is -2.81. The predicted molar refractivity (Wildman–Crippen MR) is 119 cm³/mol. The van der Waals surface area contributed by atoms with Gasteiger partial charge in [-0.3, -0.25) is 0 Å². The zero-order valence-electron chi connectivity index (χ0n) is 17.3. The molecule has 11 heteroatoms. The lowest BCUT2D eigenvalue weighted by Gasteiger charge is -2.23. The lowest BCUT2D eigenvalue weighted by Crippen LogP contribution is -2.37. The maximum Gasteiger partial charge on any atom is 0.435 e. The van der Waals surface area contributed by atoms with Gasteiger partial charge < -0.3 is 15.4 Å². The second-order valence-electron chi connectivity index (χ2n) is 7.63. The van der Waals surface area contributed by atoms with E-state index in [2.05, 4.69) is 20.7 Å². The molecule has 0 amide bonds. The molecule has 0 aliphatic carbocycles. The molecule has 0 spiro atoms. The maximum absolute atomic E-state index is 13.9. The van der Waals surface area contributed by atoms with Crippen LogP contribution in [0.25, 0.3) is 16.8 Å². The molecule has 1 aliphatic heterocycles. The number of benzene rings is 1. The Morgan fingerprint density at radius 2 is 1.91 bits per heavy atom. The molecular formula is C21H22Cl2F3N5O. The smallest absolute Gasteiger partial charge is 0.381 e. The molecule has 172 valence electrons. The SMILES string of the molecule is Cc1cc(NCCNC2CCOCC2)n2nc(C(F)(F)F)c(-c3ccc(Cl)cc3Cl)c2n1. The van der Waals surface area contributed by atoms with Gasteiger partial charge in [0.2, 0.25) is 0 Å². The Balaban J connectivity index is 1.68. The molecule has 3 heterocycles. The summed E-state index contributed by atoms with van der Waals surface area (Å²) in [6.45, 7) is 4.35. The minimum atomic E-state index is -4.69. The first-order valence-electron chi connectivity index (χ1n) is 10.2. The van der Waals surface area contributed by atoms with E-state index in [9.17, 15) is 13.2 Å². The van der Waals surface area contributed by atoms with Crippen molar-refractivity contribution in [2.24, 2.45) is 0 Å². The Morgan fingerprint density at radius 1 is 1.16 bits per heavy atom. The highest BCUT2D eigenvalue weighted by molar-refractivity contribution is 6.36. The van der Waals surface area contributed by atoms with Crippen molar-refractivity contribution in [1.82, 2.24) is 19.9 Å². The molecule has 1 aromatic carbocycles. The second kappa shape index (κ2) is 9.43. The maximum atomic E-state index is 13.9. The van der Waals surface area contributed by atoms with Crippen molar-refractivity contribution < 1.29 is 17.9 Å². The number of halogens is 5. The van der Waals surface area contributed by atoms with Crippen LogP contribution < -0.4 is 10.6 Å². The zero-order chi connectivity index (χ0) is 22.9. The third-order valence-corrected chi connectivity index (χ3v) is 5.82. The summed E-state index contributed by atoms with van der Waals surface area (Å²) in [5.74, 6) is 0.420. The number of alkyl halides is 3. The average Bonchev–Trinajstić information content (AvgIpc) is 3.11. The first-order chi connectivity index (χ1) is 15.2. The van der Waals surface area contributed by atoms with E-state index >= 15 is 0 Å². The standard InChI is InChI=1S/C21H22Cl2F3N5O/c1-12-10-17(28-7-6-27-14-4-8-32-9-5-14)31-20(29-12)18(19(30-31)21(24,25)26)15-3-2-13(22)11-16(15)23/h2-3,10-11,14,27-28H,4-9H2,1H3. The van der Waals surface area contributed by atoms with Crippen LogP contribution >= 0.6 is 23.2 Å². The van der Waals surface area contributed by atoms with Gasteiger partial charge in [-0.15, -0.1) is 0 Å². The minimum absolute atomic E-state index is 0.0708. The van der Waals surface area contributed by atoms with Gasteiger partial charge in [0.15, 0.2) is 11.3 Å². The number of nitrogens with one attached hydrogen (secondary N) is 2. The lowest BCUT2D eigenvalue weighted by molar-refractivity contribution is -0.140. The molecule has 0 atom stereocenters. The van der Waals surface area contributed by atoms with Crippen molar-refractivity contribution in [3.05, 3.63) is 45.7 Å². The molecule has 32 heavy (non-hydrogen) atoms. The van der Waals surface area contributed by atoms with Crippen molar-refractivity contribution in [2.45, 2.75) is 32.0 Å². The lowest BCUT2D eigenvalue weighted by atomic mass is 10.1. The highest BCUT2D eigenvalue weighted by atomic mass is 35.5. The molecule has 0 unspecified atom stereocenters. The summed E-state index contributed by atoms with van der Waals surface area (Å²) < 4.78 is 48.3. The molecule has 3 aromatic rings. The van der Waals surface area contributed by atoms with Crippen LogP contribution in [-0.4, -0.2) is 46.9 Å². The van der Waals surface area contributed by atoms with E-state index in [0.717, 1.165) is 26.1 Å². The van der Waals surface area contributed by atoms with E-state index in [0.29, 0.717) is 35.7 Å². The van der Waals surface area contributed by atoms with Gasteiger partial charge in [0.25, 0.3) is 0 Å². The van der Waals surface area contributed by atoms with Gasteiger partial charge >= 0.3 is 6.18 Å². The quantitative estimate of drug-likeness (QED) is 0.467. The fraction of sp³-hybridized carbons (Fsp3) is 0.429. The van der Waals surface area contributed by atoms with E-state index in [1.54, 1.807) is 13.0 Å². The summed E-state index contributed by atoms with van der Waals surface area (Å²) in [6, 6.07) is 6.39. The second-order valence-corrected chi connectivity index (χ2v) is 8.47. The number of rotatable bonds is 6. The molecule has 1 fully saturated rings. The summed E-state index contributed by atoms with van der Waals surface area (Å²) in [5, 5.41) is 10.9. The molecule has 2 N–H and O–H groups in total. The molecule has 2 aromatic heterocycles. The zero-order valence-corrected chi connectivity index (χ0v) is 18.8. The van der Waals surface area contributed by atoms with Crippen molar-refractivity contribution in [3.8, 4) is 11.1 Å². The highest BCUT2D eigenvalue weighted by Crippen LogP contribution is 2.42. The Morgan fingerprint density at radius 3 is 2.59 bits per heavy atom. The highest BCUT2D eigenvalue weighted by Gasteiger charge is 2.40. The first kappa shape index (κ1) is 23.1. The van der Waals surface area contributed by atoms with Crippen molar-refractivity contribution in [2.75, 3.05) is 31.6 Å². The monoisotopic (exact) mass is 487 g/mol. The summed E-state index contributed by atoms with van der Waals surface area (Å²) in [7, 11) is 0. The fourth-order valence-electron chi connectivity index (χ4n) is 3.77. The van der Waals surface area contributed by atoms with E-state index in [-0.39, 0.29) is 21.8 Å². The normalized spacial score (nSPS) is 15.4. The van der Waals surface area contributed by atoms with E-state index < -0.39 is 11.9 Å². The van der Waals surface area contributed by atoms with Gasteiger partial charge in [0, 0.05) is 54.7 Å². The van der Waals surface area contributed by atoms with Gasteiger partial charge in [0.05, 0.1) is 10.6 Å². The molecule has 0 bridgehead atoms. The number of anilines is 1. The number of hydrogen-bond donors (Lipinski definition) is 2. The first-order valence-corrected chi connectivity index (χ1v) is 11.0. The number of ether oxygens (including phenoxy) is 1. The Kier molecular flexibility index (Phi) is 6.80. The molecule has 4 rings (SSSR count). The largest absolute Gasteiger partial charge is 0.435 e. The fourth-order valence-corrected chi connectivity index (χ4v) is 4.27. The van der Waals surface area contributed by atoms with Crippen LogP contribution in [0.2, 0.25) is 10.0 Å². The van der Waals surface area contributed by atoms with Crippen molar-refractivity contribution >= 4 is 34.7 Å². The Labute approximate surface area is 193 Å². The summed E-state index contributed by atoms with van der Waals surface area (Å²) in [5.41, 5.74) is -0.433. The molecular weight excluding hydrogens is 466 g/mol. The predicted octanol–water partition coefficient (Wildman–Crippen LogP) is 5.21. The third kappa shape index (κ3) is 4.96. The molecule has 6 nitrogen and oxygen atoms in total. The van der Waals surface area contributed by atoms with Gasteiger partial charge in [0.1, 0.15) is 5.82 Å². The van der Waals surface area contributed by atoms with Crippen LogP contribution in [0.4, 0.5) is 19.0 Å². The van der Waals surface area contributed by atoms with Gasteiger partial charge in [-0.1, -0.05) is 29.3 Å². The number of aromatic nitrogens is 3. The Hall–Kier alpha value is -2.07. The third-order valence-electron chi connectivity index (χ3n) is 5.27. The summed E-state index contributed by atoms with van der Waals surface area (Å²) in [4.78, 5) is 4.35. The topological polar surface area (TPSA) is 63.5 Å². The van der Waals surface area contributed by atoms with Crippen molar-refractivity contribution in [3.63, 3.8) is 0 Å². The number of nitrogens with zero attached hydrogens (tertiary/aromatic N) is 3. The van der Waals surface area contributed by atoms with Gasteiger partial charge in [-0.25, -0.2) is 4.98 Å². The van der Waals surface area contributed by atoms with E-state index in [1.165, 1.54) is 22.7 Å². The number of fused-ring (bicyclic) bond motifs is 1. The molecule has 1 saturated heterocycles. The molecule has 1 aliphatic rings. The van der Waals surface area contributed by atoms with E-state index in [1.807, 2.05) is 0 Å². The van der Waals surface area contributed by atoms with Gasteiger partial charge in [-0.2, -0.15) is 22.8 Å². The van der Waals surface area contributed by atoms with E-state index in [4.69, 9.17) is 27.9 Å². The number of aryl methyl sites for hydroxylation is 1. The van der Waals surface area contributed by atoms with Crippen LogP contribution in [0, 0.1) is 6.92 Å². The average molecular weight is 488 g/mol. The minimum Gasteiger partial charge on any atom is -0.381 e. The van der Waals surface area contributed by atoms with Crippen molar-refractivity contribution in [1.29, 1.82) is 0 Å². The van der Waals surface area contributed by atoms with Crippen LogP contribution in [0.15, 0.2) is 24.3 Å². The summed E-state index contributed by atoms with van der Waals surface area (Å²) >= 11 is 12.2. The van der Waals surface area contributed by atoms with Crippen LogP contribution in [-0.2, 0) is 10.9 Å². The van der Waals surface area contributed by atoms with Crippen LogP contribution in [0.1, 0.15) is 24.2 Å². The van der Waals surface area contributed by atoms with Crippen LogP contribution in [0.3, 0.4) is 0 Å². The van der Waals surface area contributed by atoms with Gasteiger partial charge in [-0.05, 0) is 31.9 Å². The molecule has 0 saturated carbocycles. The Bertz CT molecular complexity index is 1110. The van der Waals surface area contributed by atoms with Crippen LogP contribution in [0.5, 0.6) is 0 Å².